The SMILES string of the molecule is CC(C)CN1c2ccccc2NC1(C)CCc1ccccc1. The molecule has 0 aromatic heterocycles. The zero-order valence-corrected chi connectivity index (χ0v) is 13.8. The number of para-hydroxylation sites is 2. The van der Waals surface area contributed by atoms with Crippen LogP contribution < -0.4 is 10.2 Å². The van der Waals surface area contributed by atoms with Crippen LogP contribution in [-0.4, -0.2) is 12.2 Å². The molecule has 2 aromatic carbocycles. The van der Waals surface area contributed by atoms with Gasteiger partial charge in [0.1, 0.15) is 5.66 Å². The standard InChI is InChI=1S/C20H26N2/c1-16(2)15-22-19-12-8-7-11-18(19)21-20(22,3)14-13-17-9-5-4-6-10-17/h4-12,16,21H,13-15H2,1-3H3. The molecule has 1 heterocycles. The summed E-state index contributed by atoms with van der Waals surface area (Å²) in [5.41, 5.74) is 4.00. The summed E-state index contributed by atoms with van der Waals surface area (Å²) < 4.78 is 0. The number of fused-ring (bicyclic) bond motifs is 1. The number of hydrogen-bond donors (Lipinski definition) is 1. The Morgan fingerprint density at radius 2 is 1.68 bits per heavy atom. The first-order chi connectivity index (χ1) is 10.6. The molecule has 2 aromatic rings. The van der Waals surface area contributed by atoms with Gasteiger partial charge in [-0.05, 0) is 43.4 Å². The van der Waals surface area contributed by atoms with Crippen LogP contribution in [0.2, 0.25) is 0 Å². The van der Waals surface area contributed by atoms with Crippen molar-refractivity contribution >= 4 is 11.4 Å². The molecule has 1 unspecified atom stereocenters. The Kier molecular flexibility index (Phi) is 4.10. The molecule has 1 atom stereocenters. The first kappa shape index (κ1) is 15.0. The molecule has 0 saturated heterocycles. The van der Waals surface area contributed by atoms with Gasteiger partial charge in [-0.1, -0.05) is 56.3 Å². The molecular formula is C20H26N2. The third kappa shape index (κ3) is 2.96. The number of hydrogen-bond acceptors (Lipinski definition) is 2. The maximum Gasteiger partial charge on any atom is 0.108 e. The second kappa shape index (κ2) is 6.04. The first-order valence-corrected chi connectivity index (χ1v) is 8.27. The Bertz CT molecular complexity index is 621. The van der Waals surface area contributed by atoms with Crippen molar-refractivity contribution in [2.45, 2.75) is 39.3 Å². The first-order valence-electron chi connectivity index (χ1n) is 8.27. The Labute approximate surface area is 134 Å². The number of anilines is 2. The molecule has 3 rings (SSSR count). The minimum Gasteiger partial charge on any atom is -0.361 e. The average Bonchev–Trinajstić information content (AvgIpc) is 2.79. The molecule has 22 heavy (non-hydrogen) atoms. The molecule has 1 aliphatic rings. The molecule has 0 amide bonds. The summed E-state index contributed by atoms with van der Waals surface area (Å²) in [6, 6.07) is 19.4. The summed E-state index contributed by atoms with van der Waals surface area (Å²) in [6.07, 6.45) is 2.19. The predicted molar refractivity (Wildman–Crippen MR) is 95.4 cm³/mol. The van der Waals surface area contributed by atoms with Gasteiger partial charge in [0.2, 0.25) is 0 Å². The van der Waals surface area contributed by atoms with Gasteiger partial charge in [0, 0.05) is 6.54 Å². The van der Waals surface area contributed by atoms with Crippen molar-refractivity contribution in [2.24, 2.45) is 5.92 Å². The van der Waals surface area contributed by atoms with Crippen molar-refractivity contribution in [3.63, 3.8) is 0 Å². The van der Waals surface area contributed by atoms with Crippen molar-refractivity contribution in [1.29, 1.82) is 0 Å². The van der Waals surface area contributed by atoms with E-state index in [1.54, 1.807) is 0 Å². The number of nitrogens with one attached hydrogen (secondary N) is 1. The van der Waals surface area contributed by atoms with Gasteiger partial charge in [0.25, 0.3) is 0 Å². The summed E-state index contributed by atoms with van der Waals surface area (Å²) >= 11 is 0. The summed E-state index contributed by atoms with van der Waals surface area (Å²) in [6.45, 7) is 7.99. The smallest absolute Gasteiger partial charge is 0.108 e. The largest absolute Gasteiger partial charge is 0.361 e. The molecule has 0 spiro atoms. The molecule has 0 aliphatic carbocycles. The van der Waals surface area contributed by atoms with Gasteiger partial charge in [0.15, 0.2) is 0 Å². The highest BCUT2D eigenvalue weighted by atomic mass is 15.4. The van der Waals surface area contributed by atoms with Crippen LogP contribution in [0, 0.1) is 5.92 Å². The molecule has 116 valence electrons. The van der Waals surface area contributed by atoms with Gasteiger partial charge in [-0.3, -0.25) is 0 Å². The van der Waals surface area contributed by atoms with Crippen LogP contribution in [0.15, 0.2) is 54.6 Å². The molecule has 2 heteroatoms. The maximum atomic E-state index is 3.76. The van der Waals surface area contributed by atoms with Gasteiger partial charge in [0.05, 0.1) is 11.4 Å². The van der Waals surface area contributed by atoms with Crippen LogP contribution in [0.1, 0.15) is 32.8 Å². The fraction of sp³-hybridized carbons (Fsp3) is 0.400. The van der Waals surface area contributed by atoms with Gasteiger partial charge in [-0.15, -0.1) is 0 Å². The molecule has 0 bridgehead atoms. The van der Waals surface area contributed by atoms with Gasteiger partial charge in [-0.25, -0.2) is 0 Å². The van der Waals surface area contributed by atoms with E-state index in [0.29, 0.717) is 5.92 Å². The number of nitrogens with zero attached hydrogens (tertiary/aromatic N) is 1. The number of rotatable bonds is 5. The third-order valence-corrected chi connectivity index (χ3v) is 4.49. The summed E-state index contributed by atoms with van der Waals surface area (Å²) in [7, 11) is 0. The van der Waals surface area contributed by atoms with Crippen molar-refractivity contribution in [3.8, 4) is 0 Å². The average molecular weight is 294 g/mol. The van der Waals surface area contributed by atoms with E-state index in [4.69, 9.17) is 0 Å². The zero-order valence-electron chi connectivity index (χ0n) is 13.8. The van der Waals surface area contributed by atoms with Crippen molar-refractivity contribution in [1.82, 2.24) is 0 Å². The lowest BCUT2D eigenvalue weighted by atomic mass is 9.99. The Morgan fingerprint density at radius 1 is 1.00 bits per heavy atom. The topological polar surface area (TPSA) is 15.3 Å². The van der Waals surface area contributed by atoms with Crippen LogP contribution in [0.4, 0.5) is 11.4 Å². The van der Waals surface area contributed by atoms with Crippen molar-refractivity contribution < 1.29 is 0 Å². The molecule has 0 fully saturated rings. The summed E-state index contributed by atoms with van der Waals surface area (Å²) in [5.74, 6) is 0.643. The van der Waals surface area contributed by atoms with E-state index in [9.17, 15) is 0 Å². The van der Waals surface area contributed by atoms with Crippen molar-refractivity contribution in [3.05, 3.63) is 60.2 Å². The molecule has 0 saturated carbocycles. The minimum atomic E-state index is -0.0101. The second-order valence-electron chi connectivity index (χ2n) is 6.91. The van der Waals surface area contributed by atoms with Gasteiger partial charge in [-0.2, -0.15) is 0 Å². The summed E-state index contributed by atoms with van der Waals surface area (Å²) in [5, 5.41) is 3.76. The minimum absolute atomic E-state index is 0.0101. The van der Waals surface area contributed by atoms with E-state index in [1.165, 1.54) is 16.9 Å². The maximum absolute atomic E-state index is 3.76. The monoisotopic (exact) mass is 294 g/mol. The highest BCUT2D eigenvalue weighted by Crippen LogP contribution is 2.42. The van der Waals surface area contributed by atoms with E-state index in [1.807, 2.05) is 0 Å². The van der Waals surface area contributed by atoms with E-state index >= 15 is 0 Å². The van der Waals surface area contributed by atoms with E-state index in [2.05, 4.69) is 85.6 Å². The number of benzene rings is 2. The third-order valence-electron chi connectivity index (χ3n) is 4.49. The molecule has 2 nitrogen and oxygen atoms in total. The van der Waals surface area contributed by atoms with Crippen LogP contribution in [0.25, 0.3) is 0 Å². The fourth-order valence-corrected chi connectivity index (χ4v) is 3.33. The lowest BCUT2D eigenvalue weighted by Crippen LogP contribution is -2.50. The van der Waals surface area contributed by atoms with Crippen LogP contribution in [0.3, 0.4) is 0 Å². The number of aryl methyl sites for hydroxylation is 1. The van der Waals surface area contributed by atoms with Gasteiger partial charge >= 0.3 is 0 Å². The van der Waals surface area contributed by atoms with E-state index in [-0.39, 0.29) is 5.66 Å². The normalized spacial score (nSPS) is 20.1. The fourth-order valence-electron chi connectivity index (χ4n) is 3.33. The van der Waals surface area contributed by atoms with E-state index in [0.717, 1.165) is 19.4 Å². The second-order valence-corrected chi connectivity index (χ2v) is 6.91. The molecule has 1 N–H and O–H groups in total. The van der Waals surface area contributed by atoms with Crippen molar-refractivity contribution in [2.75, 3.05) is 16.8 Å². The molecule has 1 aliphatic heterocycles. The molecule has 0 radical (unpaired) electrons. The highest BCUT2D eigenvalue weighted by Gasteiger charge is 2.38. The van der Waals surface area contributed by atoms with E-state index < -0.39 is 0 Å². The lowest BCUT2D eigenvalue weighted by molar-refractivity contribution is 0.431. The Hall–Kier alpha value is -1.96. The Balaban J connectivity index is 1.81. The summed E-state index contributed by atoms with van der Waals surface area (Å²) in [4.78, 5) is 2.55. The van der Waals surface area contributed by atoms with Gasteiger partial charge < -0.3 is 10.2 Å². The lowest BCUT2D eigenvalue weighted by Gasteiger charge is -2.38. The predicted octanol–water partition coefficient (Wildman–Crippen LogP) is 4.92. The van der Waals surface area contributed by atoms with Crippen LogP contribution in [-0.2, 0) is 6.42 Å². The quantitative estimate of drug-likeness (QED) is 0.841. The van der Waals surface area contributed by atoms with Crippen LogP contribution >= 0.6 is 0 Å². The molecular weight excluding hydrogens is 268 g/mol. The van der Waals surface area contributed by atoms with Crippen LogP contribution in [0.5, 0.6) is 0 Å². The zero-order chi connectivity index (χ0) is 15.6. The Morgan fingerprint density at radius 3 is 2.41 bits per heavy atom. The highest BCUT2D eigenvalue weighted by molar-refractivity contribution is 5.77.